The van der Waals surface area contributed by atoms with E-state index in [-0.39, 0.29) is 24.5 Å². The Kier molecular flexibility index (Phi) is 7.42. The van der Waals surface area contributed by atoms with Gasteiger partial charge in [-0.3, -0.25) is 14.5 Å². The lowest BCUT2D eigenvalue weighted by Crippen LogP contribution is -2.52. The maximum Gasteiger partial charge on any atom is 0.341 e. The van der Waals surface area contributed by atoms with E-state index < -0.39 is 5.97 Å². The minimum absolute atomic E-state index is 0.0572. The molecule has 176 valence electrons. The van der Waals surface area contributed by atoms with Crippen molar-refractivity contribution in [3.05, 3.63) is 40.8 Å². The molecule has 0 spiro atoms. The van der Waals surface area contributed by atoms with Crippen LogP contribution in [0.3, 0.4) is 0 Å². The fraction of sp³-hybridized carbons (Fsp3) is 0.458. The van der Waals surface area contributed by atoms with Crippen LogP contribution in [0.15, 0.2) is 30.3 Å². The van der Waals surface area contributed by atoms with Crippen LogP contribution < -0.4 is 5.32 Å². The van der Waals surface area contributed by atoms with Gasteiger partial charge < -0.3 is 19.7 Å². The molecule has 1 atom stereocenters. The molecule has 0 saturated carbocycles. The van der Waals surface area contributed by atoms with Gasteiger partial charge in [0.1, 0.15) is 16.7 Å². The molecule has 0 radical (unpaired) electrons. The summed E-state index contributed by atoms with van der Waals surface area (Å²) in [4.78, 5) is 42.7. The molecule has 2 fully saturated rings. The first-order valence-corrected chi connectivity index (χ1v) is 12.0. The van der Waals surface area contributed by atoms with Crippen LogP contribution in [0.4, 0.5) is 5.00 Å². The molecule has 2 aromatic rings. The van der Waals surface area contributed by atoms with E-state index in [0.717, 1.165) is 28.8 Å². The summed E-state index contributed by atoms with van der Waals surface area (Å²) in [5.41, 5.74) is 2.06. The summed E-state index contributed by atoms with van der Waals surface area (Å²) in [6.07, 6.45) is 1.41. The van der Waals surface area contributed by atoms with Gasteiger partial charge in [0.05, 0.1) is 13.7 Å². The number of carbonyl (C=O) groups excluding carboxylic acids is 3. The van der Waals surface area contributed by atoms with Gasteiger partial charge in [-0.15, -0.1) is 11.3 Å². The van der Waals surface area contributed by atoms with E-state index >= 15 is 0 Å². The topological polar surface area (TPSA) is 88.2 Å². The predicted molar refractivity (Wildman–Crippen MR) is 126 cm³/mol. The number of ether oxygens (including phenoxy) is 2. The zero-order valence-electron chi connectivity index (χ0n) is 19.0. The first kappa shape index (κ1) is 23.4. The highest BCUT2D eigenvalue weighted by Crippen LogP contribution is 2.40. The van der Waals surface area contributed by atoms with Crippen molar-refractivity contribution in [1.82, 2.24) is 9.80 Å². The van der Waals surface area contributed by atoms with Gasteiger partial charge in [-0.25, -0.2) is 4.79 Å². The summed E-state index contributed by atoms with van der Waals surface area (Å²) in [6, 6.07) is 9.61. The molecule has 0 bridgehead atoms. The molecule has 4 rings (SSSR count). The highest BCUT2D eigenvalue weighted by Gasteiger charge is 2.31. The summed E-state index contributed by atoms with van der Waals surface area (Å²) < 4.78 is 10.5. The smallest absolute Gasteiger partial charge is 0.341 e. The monoisotopic (exact) mass is 471 g/mol. The number of rotatable bonds is 6. The first-order chi connectivity index (χ1) is 16.0. The Balaban J connectivity index is 1.40. The second-order valence-corrected chi connectivity index (χ2v) is 9.47. The van der Waals surface area contributed by atoms with Crippen molar-refractivity contribution in [3.8, 4) is 11.1 Å². The third-order valence-electron chi connectivity index (χ3n) is 6.05. The van der Waals surface area contributed by atoms with Crippen LogP contribution in [0.25, 0.3) is 11.1 Å². The van der Waals surface area contributed by atoms with Crippen LogP contribution in [0.5, 0.6) is 0 Å². The maximum atomic E-state index is 12.8. The highest BCUT2D eigenvalue weighted by atomic mass is 32.1. The Bertz CT molecular complexity index is 1010. The number of hydrogen-bond donors (Lipinski definition) is 1. The second kappa shape index (κ2) is 10.5. The number of anilines is 1. The molecule has 1 aromatic carbocycles. The maximum absolute atomic E-state index is 12.8. The van der Waals surface area contributed by atoms with Crippen molar-refractivity contribution in [2.75, 3.05) is 51.8 Å². The van der Waals surface area contributed by atoms with Crippen molar-refractivity contribution < 1.29 is 23.9 Å². The lowest BCUT2D eigenvalue weighted by Gasteiger charge is -2.35. The van der Waals surface area contributed by atoms with Crippen LogP contribution in [-0.2, 0) is 19.1 Å². The number of nitrogens with one attached hydrogen (secondary N) is 1. The summed E-state index contributed by atoms with van der Waals surface area (Å²) in [5, 5.41) is 3.42. The molecule has 2 aliphatic heterocycles. The molecule has 2 amide bonds. The average molecular weight is 472 g/mol. The van der Waals surface area contributed by atoms with E-state index in [2.05, 4.69) is 5.32 Å². The van der Waals surface area contributed by atoms with Crippen LogP contribution in [0, 0.1) is 6.92 Å². The predicted octanol–water partition coefficient (Wildman–Crippen LogP) is 2.77. The number of nitrogens with zero attached hydrogens (tertiary/aromatic N) is 2. The lowest BCUT2D eigenvalue weighted by atomic mass is 10.0. The number of methoxy groups -OCH3 is 1. The molecule has 0 aliphatic carbocycles. The van der Waals surface area contributed by atoms with Gasteiger partial charge in [-0.2, -0.15) is 0 Å². The molecule has 2 aliphatic rings. The number of esters is 1. The van der Waals surface area contributed by atoms with Crippen LogP contribution >= 0.6 is 11.3 Å². The second-order valence-electron chi connectivity index (χ2n) is 8.25. The molecule has 8 nitrogen and oxygen atoms in total. The van der Waals surface area contributed by atoms with Gasteiger partial charge in [0.25, 0.3) is 5.91 Å². The molecular weight excluding hydrogens is 442 g/mol. The van der Waals surface area contributed by atoms with Crippen molar-refractivity contribution in [2.24, 2.45) is 0 Å². The average Bonchev–Trinajstić information content (AvgIpc) is 3.47. The normalized spacial score (nSPS) is 18.8. The number of benzene rings is 1. The summed E-state index contributed by atoms with van der Waals surface area (Å²) in [7, 11) is 1.34. The molecule has 2 saturated heterocycles. The van der Waals surface area contributed by atoms with E-state index in [1.165, 1.54) is 18.4 Å². The number of hydrogen-bond acceptors (Lipinski definition) is 7. The van der Waals surface area contributed by atoms with E-state index in [4.69, 9.17) is 9.47 Å². The number of amides is 2. The Morgan fingerprint density at radius 1 is 1.15 bits per heavy atom. The standard InChI is InChI=1S/C24H29N3O5S/c1-16-20(17-7-4-3-5-8-17)21(24(30)31-2)22(33-16)25-19(28)15-26-10-12-27(13-11-26)23(29)18-9-6-14-32-18/h3-5,7-8,18H,6,9-15H2,1-2H3,(H,25,28). The number of thiophene rings is 1. The fourth-order valence-corrected chi connectivity index (χ4v) is 5.43. The summed E-state index contributed by atoms with van der Waals surface area (Å²) >= 11 is 1.37. The summed E-state index contributed by atoms with van der Waals surface area (Å²) in [5.74, 6) is -0.614. The molecular formula is C24H29N3O5S. The highest BCUT2D eigenvalue weighted by molar-refractivity contribution is 7.17. The minimum atomic E-state index is -0.477. The van der Waals surface area contributed by atoms with Gasteiger partial charge in [0, 0.05) is 43.2 Å². The van der Waals surface area contributed by atoms with E-state index in [1.807, 2.05) is 47.1 Å². The molecule has 1 N–H and O–H groups in total. The van der Waals surface area contributed by atoms with Gasteiger partial charge in [-0.05, 0) is 25.3 Å². The largest absolute Gasteiger partial charge is 0.465 e. The fourth-order valence-electron chi connectivity index (χ4n) is 4.35. The molecule has 33 heavy (non-hydrogen) atoms. The van der Waals surface area contributed by atoms with Crippen molar-refractivity contribution in [3.63, 3.8) is 0 Å². The summed E-state index contributed by atoms with van der Waals surface area (Å²) in [6.45, 7) is 5.17. The number of carbonyl (C=O) groups is 3. The minimum Gasteiger partial charge on any atom is -0.465 e. The Morgan fingerprint density at radius 2 is 1.88 bits per heavy atom. The van der Waals surface area contributed by atoms with Crippen molar-refractivity contribution in [2.45, 2.75) is 25.9 Å². The van der Waals surface area contributed by atoms with Crippen molar-refractivity contribution in [1.29, 1.82) is 0 Å². The van der Waals surface area contributed by atoms with Crippen molar-refractivity contribution >= 4 is 34.1 Å². The van der Waals surface area contributed by atoms with E-state index in [0.29, 0.717) is 43.4 Å². The van der Waals surface area contributed by atoms with Gasteiger partial charge in [0.2, 0.25) is 5.91 Å². The van der Waals surface area contributed by atoms with Crippen LogP contribution in [0.2, 0.25) is 0 Å². The zero-order valence-corrected chi connectivity index (χ0v) is 19.8. The Hall–Kier alpha value is -2.75. The quantitative estimate of drug-likeness (QED) is 0.652. The third-order valence-corrected chi connectivity index (χ3v) is 7.07. The first-order valence-electron chi connectivity index (χ1n) is 11.2. The molecule has 1 unspecified atom stereocenters. The number of aryl methyl sites for hydroxylation is 1. The van der Waals surface area contributed by atoms with E-state index in [1.54, 1.807) is 0 Å². The molecule has 1 aromatic heterocycles. The van der Waals surface area contributed by atoms with E-state index in [9.17, 15) is 14.4 Å². The SMILES string of the molecule is COC(=O)c1c(NC(=O)CN2CCN(C(=O)C3CCCO3)CC2)sc(C)c1-c1ccccc1. The molecule has 3 heterocycles. The Labute approximate surface area is 197 Å². The van der Waals surface area contributed by atoms with Gasteiger partial charge >= 0.3 is 5.97 Å². The zero-order chi connectivity index (χ0) is 23.4. The lowest BCUT2D eigenvalue weighted by molar-refractivity contribution is -0.142. The Morgan fingerprint density at radius 3 is 2.52 bits per heavy atom. The van der Waals surface area contributed by atoms with Gasteiger partial charge in [-0.1, -0.05) is 30.3 Å². The molecule has 9 heteroatoms. The van der Waals surface area contributed by atoms with Crippen LogP contribution in [0.1, 0.15) is 28.1 Å². The van der Waals surface area contributed by atoms with Gasteiger partial charge in [0.15, 0.2) is 0 Å². The number of piperazine rings is 1. The van der Waals surface area contributed by atoms with Crippen LogP contribution in [-0.4, -0.2) is 80.1 Å². The third kappa shape index (κ3) is 5.26.